The van der Waals surface area contributed by atoms with Crippen LogP contribution in [0.1, 0.15) is 18.4 Å². The number of hydrogen-bond donors (Lipinski definition) is 2. The van der Waals surface area contributed by atoms with Gasteiger partial charge in [-0.25, -0.2) is 4.98 Å². The molecule has 1 aromatic heterocycles. The fourth-order valence-electron chi connectivity index (χ4n) is 2.20. The smallest absolute Gasteiger partial charge is 0.136 e. The third kappa shape index (κ3) is 4.37. The monoisotopic (exact) mass is 302 g/mol. The fourth-order valence-corrected chi connectivity index (χ4v) is 2.35. The predicted molar refractivity (Wildman–Crippen MR) is 93.9 cm³/mol. The lowest BCUT2D eigenvalue weighted by atomic mass is 10.1. The maximum atomic E-state index is 5.82. The Hall–Kier alpha value is -1.72. The van der Waals surface area contributed by atoms with Gasteiger partial charge in [-0.3, -0.25) is 0 Å². The van der Waals surface area contributed by atoms with Gasteiger partial charge in [0.15, 0.2) is 0 Å². The number of rotatable bonds is 7. The number of nitrogens with zero attached hydrogens (tertiary/aromatic N) is 2. The molecule has 21 heavy (non-hydrogen) atoms. The average Bonchev–Trinajstić information content (AvgIpc) is 2.45. The third-order valence-electron chi connectivity index (χ3n) is 3.31. The number of pyridine rings is 1. The number of aromatic nitrogens is 1. The molecule has 0 saturated carbocycles. The SMILES string of the molecule is CN(C)CCCCNc1nc2ccccc2cc1C(N)=S. The summed E-state index contributed by atoms with van der Waals surface area (Å²) in [6.45, 7) is 1.96. The Kier molecular flexibility index (Phi) is 5.47. The fraction of sp³-hybridized carbons (Fsp3) is 0.375. The van der Waals surface area contributed by atoms with E-state index < -0.39 is 0 Å². The minimum absolute atomic E-state index is 0.379. The molecule has 1 aromatic carbocycles. The van der Waals surface area contributed by atoms with E-state index in [1.54, 1.807) is 0 Å². The van der Waals surface area contributed by atoms with Gasteiger partial charge in [0.1, 0.15) is 10.8 Å². The number of thiocarbonyl (C=S) groups is 1. The van der Waals surface area contributed by atoms with Crippen LogP contribution in [0.4, 0.5) is 5.82 Å². The molecule has 0 unspecified atom stereocenters. The summed E-state index contributed by atoms with van der Waals surface area (Å²) in [5, 5.41) is 4.42. The summed E-state index contributed by atoms with van der Waals surface area (Å²) >= 11 is 5.14. The minimum Gasteiger partial charge on any atom is -0.389 e. The molecular formula is C16H22N4S. The van der Waals surface area contributed by atoms with Gasteiger partial charge in [0.2, 0.25) is 0 Å². The number of hydrogen-bond acceptors (Lipinski definition) is 4. The molecule has 2 aromatic rings. The lowest BCUT2D eigenvalue weighted by Crippen LogP contribution is -2.17. The maximum absolute atomic E-state index is 5.82. The van der Waals surface area contributed by atoms with Crippen LogP contribution in [0.15, 0.2) is 30.3 Å². The molecule has 0 atom stereocenters. The van der Waals surface area contributed by atoms with Crippen LogP contribution in [-0.2, 0) is 0 Å². The van der Waals surface area contributed by atoms with Gasteiger partial charge in [-0.15, -0.1) is 0 Å². The Morgan fingerprint density at radius 3 is 2.76 bits per heavy atom. The van der Waals surface area contributed by atoms with E-state index in [2.05, 4.69) is 29.3 Å². The number of anilines is 1. The highest BCUT2D eigenvalue weighted by Gasteiger charge is 2.08. The molecule has 2 rings (SSSR count). The molecule has 0 radical (unpaired) electrons. The molecule has 0 aliphatic rings. The molecule has 0 fully saturated rings. The van der Waals surface area contributed by atoms with Gasteiger partial charge in [-0.1, -0.05) is 30.4 Å². The van der Waals surface area contributed by atoms with Gasteiger partial charge in [-0.2, -0.15) is 0 Å². The van der Waals surface area contributed by atoms with Crippen molar-refractivity contribution < 1.29 is 0 Å². The highest BCUT2D eigenvalue weighted by Crippen LogP contribution is 2.20. The second kappa shape index (κ2) is 7.33. The normalized spacial score (nSPS) is 11.0. The number of unbranched alkanes of at least 4 members (excludes halogenated alkanes) is 1. The van der Waals surface area contributed by atoms with Crippen LogP contribution in [-0.4, -0.2) is 42.1 Å². The van der Waals surface area contributed by atoms with Gasteiger partial charge in [0, 0.05) is 11.9 Å². The topological polar surface area (TPSA) is 54.2 Å². The van der Waals surface area contributed by atoms with Crippen molar-refractivity contribution in [1.29, 1.82) is 0 Å². The van der Waals surface area contributed by atoms with Crippen LogP contribution in [0.3, 0.4) is 0 Å². The van der Waals surface area contributed by atoms with Crippen molar-refractivity contribution in [1.82, 2.24) is 9.88 Å². The first-order valence-electron chi connectivity index (χ1n) is 7.16. The van der Waals surface area contributed by atoms with Crippen LogP contribution < -0.4 is 11.1 Å². The average molecular weight is 302 g/mol. The van der Waals surface area contributed by atoms with Crippen molar-refractivity contribution in [2.75, 3.05) is 32.5 Å². The second-order valence-corrected chi connectivity index (χ2v) is 5.82. The van der Waals surface area contributed by atoms with E-state index in [4.69, 9.17) is 18.0 Å². The molecular weight excluding hydrogens is 280 g/mol. The molecule has 5 heteroatoms. The zero-order chi connectivity index (χ0) is 15.2. The van der Waals surface area contributed by atoms with Crippen LogP contribution in [0.5, 0.6) is 0 Å². The summed E-state index contributed by atoms with van der Waals surface area (Å²) in [6.07, 6.45) is 2.24. The maximum Gasteiger partial charge on any atom is 0.136 e. The van der Waals surface area contributed by atoms with Crippen LogP contribution in [0, 0.1) is 0 Å². The minimum atomic E-state index is 0.379. The van der Waals surface area contributed by atoms with E-state index in [9.17, 15) is 0 Å². The second-order valence-electron chi connectivity index (χ2n) is 5.38. The highest BCUT2D eigenvalue weighted by atomic mass is 32.1. The van der Waals surface area contributed by atoms with Crippen molar-refractivity contribution in [3.05, 3.63) is 35.9 Å². The Balaban J connectivity index is 2.10. The lowest BCUT2D eigenvalue weighted by molar-refractivity contribution is 0.396. The summed E-state index contributed by atoms with van der Waals surface area (Å²) < 4.78 is 0. The standard InChI is InChI=1S/C16H22N4S/c1-20(2)10-6-5-9-18-16-13(15(17)21)11-12-7-3-4-8-14(12)19-16/h3-4,7-8,11H,5-6,9-10H2,1-2H3,(H2,17,21)(H,18,19). The molecule has 0 saturated heterocycles. The summed E-state index contributed by atoms with van der Waals surface area (Å²) in [5.41, 5.74) is 7.59. The van der Waals surface area contributed by atoms with Crippen molar-refractivity contribution in [3.63, 3.8) is 0 Å². The first-order chi connectivity index (χ1) is 10.1. The largest absolute Gasteiger partial charge is 0.389 e. The highest BCUT2D eigenvalue weighted by molar-refractivity contribution is 7.80. The molecule has 3 N–H and O–H groups in total. The number of benzene rings is 1. The van der Waals surface area contributed by atoms with Gasteiger partial charge in [0.25, 0.3) is 0 Å². The van der Waals surface area contributed by atoms with Crippen molar-refractivity contribution in [2.45, 2.75) is 12.8 Å². The molecule has 0 aliphatic heterocycles. The van der Waals surface area contributed by atoms with Crippen LogP contribution in [0.25, 0.3) is 10.9 Å². The number of para-hydroxylation sites is 1. The van der Waals surface area contributed by atoms with Crippen molar-refractivity contribution in [3.8, 4) is 0 Å². The predicted octanol–water partition coefficient (Wildman–Crippen LogP) is 2.62. The van der Waals surface area contributed by atoms with Crippen molar-refractivity contribution >= 4 is 33.9 Å². The molecule has 4 nitrogen and oxygen atoms in total. The van der Waals surface area contributed by atoms with E-state index in [1.807, 2.05) is 30.3 Å². The number of fused-ring (bicyclic) bond motifs is 1. The summed E-state index contributed by atoms with van der Waals surface area (Å²) in [4.78, 5) is 7.21. The Morgan fingerprint density at radius 1 is 1.29 bits per heavy atom. The van der Waals surface area contributed by atoms with Crippen molar-refractivity contribution in [2.24, 2.45) is 5.73 Å². The Morgan fingerprint density at radius 2 is 2.05 bits per heavy atom. The quantitative estimate of drug-likeness (QED) is 0.608. The van der Waals surface area contributed by atoms with E-state index in [1.165, 1.54) is 0 Å². The van der Waals surface area contributed by atoms with Crippen LogP contribution >= 0.6 is 12.2 Å². The molecule has 0 bridgehead atoms. The molecule has 0 aliphatic carbocycles. The number of nitrogens with two attached hydrogens (primary N) is 1. The van der Waals surface area contributed by atoms with Gasteiger partial charge in [-0.05, 0) is 45.6 Å². The number of nitrogens with one attached hydrogen (secondary N) is 1. The Bertz CT molecular complexity index is 625. The molecule has 0 amide bonds. The lowest BCUT2D eigenvalue weighted by Gasteiger charge is -2.13. The molecule has 112 valence electrons. The van der Waals surface area contributed by atoms with Crippen LogP contribution in [0.2, 0.25) is 0 Å². The van der Waals surface area contributed by atoms with E-state index >= 15 is 0 Å². The van der Waals surface area contributed by atoms with Gasteiger partial charge in [0.05, 0.1) is 11.1 Å². The Labute approximate surface area is 131 Å². The van der Waals surface area contributed by atoms with Gasteiger partial charge < -0.3 is 16.0 Å². The summed E-state index contributed by atoms with van der Waals surface area (Å²) in [5.74, 6) is 0.783. The van der Waals surface area contributed by atoms with Gasteiger partial charge >= 0.3 is 0 Å². The first-order valence-corrected chi connectivity index (χ1v) is 7.57. The first kappa shape index (κ1) is 15.7. The van der Waals surface area contributed by atoms with E-state index in [0.717, 1.165) is 48.2 Å². The zero-order valence-corrected chi connectivity index (χ0v) is 13.4. The van der Waals surface area contributed by atoms with E-state index in [0.29, 0.717) is 4.99 Å². The summed E-state index contributed by atoms with van der Waals surface area (Å²) in [6, 6.07) is 9.99. The zero-order valence-electron chi connectivity index (χ0n) is 12.6. The molecule has 0 spiro atoms. The van der Waals surface area contributed by atoms with E-state index in [-0.39, 0.29) is 0 Å². The molecule has 1 heterocycles. The summed E-state index contributed by atoms with van der Waals surface area (Å²) in [7, 11) is 4.17. The third-order valence-corrected chi connectivity index (χ3v) is 3.53.